The van der Waals surface area contributed by atoms with Crippen LogP contribution in [0.4, 0.5) is 0 Å². The van der Waals surface area contributed by atoms with E-state index in [1.807, 2.05) is 12.2 Å². The fourth-order valence-electron chi connectivity index (χ4n) is 1.32. The fraction of sp³-hybridized carbons (Fsp3) is 0.533. The molecular formula is C15H24O. The maximum absolute atomic E-state index is 10.0. The van der Waals surface area contributed by atoms with Crippen LogP contribution in [-0.2, 0) is 4.79 Å². The standard InChI is InChI=1S/C15H24O/c1-2-3-4-5-6-7-8-9-10-11-12-13-14-15-16/h6-7,9-10,12-13,15H,2-5,8,11,14H2,1H3/b7-6+,10-9+,13-12-. The van der Waals surface area contributed by atoms with Gasteiger partial charge in [-0.25, -0.2) is 0 Å². The zero-order valence-electron chi connectivity index (χ0n) is 10.4. The van der Waals surface area contributed by atoms with E-state index in [0.717, 1.165) is 19.1 Å². The Labute approximate surface area is 99.9 Å². The average molecular weight is 220 g/mol. The maximum Gasteiger partial charge on any atom is 0.123 e. The van der Waals surface area contributed by atoms with E-state index in [4.69, 9.17) is 0 Å². The highest BCUT2D eigenvalue weighted by atomic mass is 16.1. The number of carbonyl (C=O) groups excluding carboxylic acids is 1. The number of allylic oxidation sites excluding steroid dienone is 6. The second-order valence-electron chi connectivity index (χ2n) is 3.78. The normalized spacial score (nSPS) is 12.1. The first-order chi connectivity index (χ1) is 7.91. The first-order valence-electron chi connectivity index (χ1n) is 6.30. The molecule has 0 radical (unpaired) electrons. The van der Waals surface area contributed by atoms with Gasteiger partial charge in [-0.3, -0.25) is 0 Å². The van der Waals surface area contributed by atoms with Gasteiger partial charge in [-0.1, -0.05) is 56.2 Å². The van der Waals surface area contributed by atoms with Crippen molar-refractivity contribution in [3.05, 3.63) is 36.5 Å². The van der Waals surface area contributed by atoms with Gasteiger partial charge in [0.15, 0.2) is 0 Å². The van der Waals surface area contributed by atoms with E-state index in [-0.39, 0.29) is 0 Å². The molecule has 1 nitrogen and oxygen atoms in total. The number of rotatable bonds is 10. The first kappa shape index (κ1) is 14.9. The van der Waals surface area contributed by atoms with Gasteiger partial charge in [0.25, 0.3) is 0 Å². The van der Waals surface area contributed by atoms with Crippen LogP contribution in [0.25, 0.3) is 0 Å². The van der Waals surface area contributed by atoms with Crippen LogP contribution >= 0.6 is 0 Å². The molecule has 0 unspecified atom stereocenters. The molecule has 0 amide bonds. The quantitative estimate of drug-likeness (QED) is 0.298. The van der Waals surface area contributed by atoms with E-state index < -0.39 is 0 Å². The Kier molecular flexibility index (Phi) is 12.9. The highest BCUT2D eigenvalue weighted by Crippen LogP contribution is 2.00. The Bertz CT molecular complexity index is 224. The Morgan fingerprint density at radius 2 is 1.31 bits per heavy atom. The van der Waals surface area contributed by atoms with Crippen molar-refractivity contribution < 1.29 is 4.79 Å². The molecular weight excluding hydrogens is 196 g/mol. The predicted octanol–water partition coefficient (Wildman–Crippen LogP) is 4.60. The SMILES string of the molecule is CCCCC/C=C/C/C=C/C/C=C\CC=O. The van der Waals surface area contributed by atoms with Crippen LogP contribution in [0, 0.1) is 0 Å². The molecule has 0 heterocycles. The number of carbonyl (C=O) groups is 1. The van der Waals surface area contributed by atoms with Crippen molar-refractivity contribution in [2.24, 2.45) is 0 Å². The zero-order chi connectivity index (χ0) is 11.9. The molecule has 16 heavy (non-hydrogen) atoms. The summed E-state index contributed by atoms with van der Waals surface area (Å²) in [5.74, 6) is 0. The molecule has 0 aromatic heterocycles. The Hall–Kier alpha value is -1.11. The molecule has 0 spiro atoms. The molecule has 0 bridgehead atoms. The predicted molar refractivity (Wildman–Crippen MR) is 71.5 cm³/mol. The lowest BCUT2D eigenvalue weighted by Crippen LogP contribution is -1.70. The van der Waals surface area contributed by atoms with Gasteiger partial charge in [0.2, 0.25) is 0 Å². The summed E-state index contributed by atoms with van der Waals surface area (Å²) < 4.78 is 0. The van der Waals surface area contributed by atoms with Gasteiger partial charge in [-0.15, -0.1) is 0 Å². The van der Waals surface area contributed by atoms with Crippen LogP contribution in [0.2, 0.25) is 0 Å². The second kappa shape index (κ2) is 13.9. The molecule has 0 aliphatic heterocycles. The van der Waals surface area contributed by atoms with Gasteiger partial charge in [0, 0.05) is 6.42 Å². The van der Waals surface area contributed by atoms with Crippen LogP contribution in [0.15, 0.2) is 36.5 Å². The average Bonchev–Trinajstić information content (AvgIpc) is 2.31. The fourth-order valence-corrected chi connectivity index (χ4v) is 1.32. The molecule has 0 aliphatic rings. The molecule has 0 saturated carbocycles. The topological polar surface area (TPSA) is 17.1 Å². The number of hydrogen-bond donors (Lipinski definition) is 0. The summed E-state index contributed by atoms with van der Waals surface area (Å²) in [5, 5.41) is 0. The molecule has 0 fully saturated rings. The molecule has 1 heteroatoms. The van der Waals surface area contributed by atoms with Gasteiger partial charge >= 0.3 is 0 Å². The Balaban J connectivity index is 3.29. The summed E-state index contributed by atoms with van der Waals surface area (Å²) in [4.78, 5) is 10.0. The lowest BCUT2D eigenvalue weighted by atomic mass is 10.2. The minimum Gasteiger partial charge on any atom is -0.303 e. The molecule has 0 aliphatic carbocycles. The summed E-state index contributed by atoms with van der Waals surface area (Å²) in [6.07, 6.45) is 21.3. The third kappa shape index (κ3) is 12.9. The van der Waals surface area contributed by atoms with Crippen LogP contribution < -0.4 is 0 Å². The van der Waals surface area contributed by atoms with Gasteiger partial charge in [-0.2, -0.15) is 0 Å². The van der Waals surface area contributed by atoms with Gasteiger partial charge in [0.1, 0.15) is 6.29 Å². The summed E-state index contributed by atoms with van der Waals surface area (Å²) >= 11 is 0. The van der Waals surface area contributed by atoms with Crippen LogP contribution in [-0.4, -0.2) is 6.29 Å². The van der Waals surface area contributed by atoms with Crippen molar-refractivity contribution in [2.75, 3.05) is 0 Å². The molecule has 0 aromatic carbocycles. The monoisotopic (exact) mass is 220 g/mol. The van der Waals surface area contributed by atoms with Crippen LogP contribution in [0.1, 0.15) is 51.9 Å². The second-order valence-corrected chi connectivity index (χ2v) is 3.78. The van der Waals surface area contributed by atoms with Crippen LogP contribution in [0.5, 0.6) is 0 Å². The Morgan fingerprint density at radius 1 is 0.750 bits per heavy atom. The van der Waals surface area contributed by atoms with Crippen molar-refractivity contribution in [1.82, 2.24) is 0 Å². The molecule has 0 aromatic rings. The minimum atomic E-state index is 0.533. The van der Waals surface area contributed by atoms with Gasteiger partial charge in [-0.05, 0) is 25.7 Å². The van der Waals surface area contributed by atoms with E-state index in [0.29, 0.717) is 6.42 Å². The number of aldehydes is 1. The van der Waals surface area contributed by atoms with Gasteiger partial charge in [0.05, 0.1) is 0 Å². The van der Waals surface area contributed by atoms with Crippen molar-refractivity contribution >= 4 is 6.29 Å². The van der Waals surface area contributed by atoms with Crippen molar-refractivity contribution in [1.29, 1.82) is 0 Å². The minimum absolute atomic E-state index is 0.533. The highest BCUT2D eigenvalue weighted by molar-refractivity contribution is 5.51. The van der Waals surface area contributed by atoms with E-state index >= 15 is 0 Å². The van der Waals surface area contributed by atoms with E-state index in [2.05, 4.69) is 31.2 Å². The van der Waals surface area contributed by atoms with E-state index in [1.165, 1.54) is 25.7 Å². The lowest BCUT2D eigenvalue weighted by Gasteiger charge is -1.90. The summed E-state index contributed by atoms with van der Waals surface area (Å²) in [7, 11) is 0. The molecule has 90 valence electrons. The number of unbranched alkanes of at least 4 members (excludes halogenated alkanes) is 3. The third-order valence-electron chi connectivity index (χ3n) is 2.25. The summed E-state index contributed by atoms with van der Waals surface area (Å²) in [5.41, 5.74) is 0. The zero-order valence-corrected chi connectivity index (χ0v) is 10.4. The molecule has 0 atom stereocenters. The van der Waals surface area contributed by atoms with Crippen molar-refractivity contribution in [3.8, 4) is 0 Å². The molecule has 0 N–H and O–H groups in total. The highest BCUT2D eigenvalue weighted by Gasteiger charge is 1.80. The molecule has 0 saturated heterocycles. The summed E-state index contributed by atoms with van der Waals surface area (Å²) in [6.45, 7) is 2.23. The van der Waals surface area contributed by atoms with Crippen molar-refractivity contribution in [3.63, 3.8) is 0 Å². The maximum atomic E-state index is 10.0. The summed E-state index contributed by atoms with van der Waals surface area (Å²) in [6, 6.07) is 0. The van der Waals surface area contributed by atoms with E-state index in [1.54, 1.807) is 0 Å². The first-order valence-corrected chi connectivity index (χ1v) is 6.30. The molecule has 0 rings (SSSR count). The van der Waals surface area contributed by atoms with E-state index in [9.17, 15) is 4.79 Å². The Morgan fingerprint density at radius 3 is 1.88 bits per heavy atom. The van der Waals surface area contributed by atoms with Crippen LogP contribution in [0.3, 0.4) is 0 Å². The third-order valence-corrected chi connectivity index (χ3v) is 2.25. The lowest BCUT2D eigenvalue weighted by molar-refractivity contribution is -0.107. The smallest absolute Gasteiger partial charge is 0.123 e. The van der Waals surface area contributed by atoms with Gasteiger partial charge < -0.3 is 4.79 Å². The number of hydrogen-bond acceptors (Lipinski definition) is 1. The van der Waals surface area contributed by atoms with Crippen molar-refractivity contribution in [2.45, 2.75) is 51.9 Å². The largest absolute Gasteiger partial charge is 0.303 e.